The van der Waals surface area contributed by atoms with Gasteiger partial charge in [0.2, 0.25) is 10.0 Å². The van der Waals surface area contributed by atoms with Crippen LogP contribution in [0.4, 0.5) is 0 Å². The molecule has 0 saturated carbocycles. The first-order valence-electron chi connectivity index (χ1n) is 6.74. The normalized spacial score (nSPS) is 18.1. The number of hydrogen-bond donors (Lipinski definition) is 1. The van der Waals surface area contributed by atoms with Gasteiger partial charge in [-0.3, -0.25) is 0 Å². The first-order valence-corrected chi connectivity index (χ1v) is 8.59. The minimum absolute atomic E-state index is 0.0453. The van der Waals surface area contributed by atoms with E-state index in [9.17, 15) is 8.42 Å². The van der Waals surface area contributed by atoms with Crippen LogP contribution in [0.1, 0.15) is 42.5 Å². The van der Waals surface area contributed by atoms with E-state index in [0.29, 0.717) is 13.1 Å². The van der Waals surface area contributed by atoms with E-state index in [4.69, 9.17) is 5.73 Å². The Kier molecular flexibility index (Phi) is 4.28. The van der Waals surface area contributed by atoms with E-state index >= 15 is 0 Å². The molecule has 2 N–H and O–H groups in total. The number of hydrogen-bond acceptors (Lipinski definition) is 3. The zero-order chi connectivity index (χ0) is 14.0. The van der Waals surface area contributed by atoms with E-state index in [2.05, 4.69) is 25.1 Å². The van der Waals surface area contributed by atoms with Gasteiger partial charge < -0.3 is 5.73 Å². The van der Waals surface area contributed by atoms with Crippen LogP contribution in [0.2, 0.25) is 0 Å². The second-order valence-electron chi connectivity index (χ2n) is 5.27. The molecule has 5 heteroatoms. The third-order valence-electron chi connectivity index (χ3n) is 3.70. The fourth-order valence-electron chi connectivity index (χ4n) is 2.54. The molecule has 1 atom stereocenters. The summed E-state index contributed by atoms with van der Waals surface area (Å²) in [7, 11) is -3.11. The van der Waals surface area contributed by atoms with Gasteiger partial charge in [0.05, 0.1) is 6.26 Å². The van der Waals surface area contributed by atoms with Gasteiger partial charge in [-0.15, -0.1) is 0 Å². The summed E-state index contributed by atoms with van der Waals surface area (Å²) in [5.41, 5.74) is 9.58. The van der Waals surface area contributed by atoms with E-state index < -0.39 is 10.0 Å². The van der Waals surface area contributed by atoms with Crippen molar-refractivity contribution in [3.8, 4) is 0 Å². The third-order valence-corrected chi connectivity index (χ3v) is 4.95. The molecule has 0 amide bonds. The predicted octanol–water partition coefficient (Wildman–Crippen LogP) is 1.80. The second kappa shape index (κ2) is 5.61. The Labute approximate surface area is 115 Å². The molecule has 0 saturated heterocycles. The Bertz CT molecular complexity index is 555. The summed E-state index contributed by atoms with van der Waals surface area (Å²) in [6.45, 7) is 3.16. The fourth-order valence-corrected chi connectivity index (χ4v) is 3.34. The number of sulfonamides is 1. The van der Waals surface area contributed by atoms with Crippen LogP contribution in [0.3, 0.4) is 0 Å². The smallest absolute Gasteiger partial charge is 0.211 e. The molecule has 1 aliphatic heterocycles. The van der Waals surface area contributed by atoms with Crippen LogP contribution in [-0.2, 0) is 23.0 Å². The molecular formula is C14H22N2O2S. The summed E-state index contributed by atoms with van der Waals surface area (Å²) < 4.78 is 24.8. The SMILES string of the molecule is CCCC(N)c1ccc2c(c1)CN(S(C)(=O)=O)CC2. The Hall–Kier alpha value is -0.910. The quantitative estimate of drug-likeness (QED) is 0.916. The zero-order valence-electron chi connectivity index (χ0n) is 11.6. The maximum absolute atomic E-state index is 11.6. The van der Waals surface area contributed by atoms with Crippen LogP contribution < -0.4 is 5.73 Å². The lowest BCUT2D eigenvalue weighted by atomic mass is 9.94. The van der Waals surface area contributed by atoms with Crippen molar-refractivity contribution >= 4 is 10.0 Å². The van der Waals surface area contributed by atoms with Crippen molar-refractivity contribution in [2.24, 2.45) is 5.73 Å². The molecular weight excluding hydrogens is 260 g/mol. The van der Waals surface area contributed by atoms with Crippen molar-refractivity contribution in [1.82, 2.24) is 4.31 Å². The Morgan fingerprint density at radius 1 is 1.37 bits per heavy atom. The average molecular weight is 282 g/mol. The molecule has 0 aliphatic carbocycles. The summed E-state index contributed by atoms with van der Waals surface area (Å²) in [5.74, 6) is 0. The van der Waals surface area contributed by atoms with Gasteiger partial charge >= 0.3 is 0 Å². The van der Waals surface area contributed by atoms with Gasteiger partial charge in [-0.25, -0.2) is 8.42 Å². The molecule has 2 rings (SSSR count). The molecule has 0 fully saturated rings. The topological polar surface area (TPSA) is 63.4 Å². The molecule has 19 heavy (non-hydrogen) atoms. The fraction of sp³-hybridized carbons (Fsp3) is 0.571. The van der Waals surface area contributed by atoms with Gasteiger partial charge in [0, 0.05) is 19.1 Å². The van der Waals surface area contributed by atoms with Crippen molar-refractivity contribution in [3.63, 3.8) is 0 Å². The van der Waals surface area contributed by atoms with Crippen LogP contribution in [-0.4, -0.2) is 25.5 Å². The molecule has 1 aromatic rings. The van der Waals surface area contributed by atoms with Crippen LogP contribution in [0.15, 0.2) is 18.2 Å². The van der Waals surface area contributed by atoms with E-state index in [0.717, 1.165) is 30.4 Å². The Morgan fingerprint density at radius 2 is 2.11 bits per heavy atom. The van der Waals surface area contributed by atoms with Gasteiger partial charge in [-0.05, 0) is 29.5 Å². The molecule has 0 spiro atoms. The molecule has 0 aromatic heterocycles. The van der Waals surface area contributed by atoms with E-state index in [1.54, 1.807) is 0 Å². The van der Waals surface area contributed by atoms with Crippen molar-refractivity contribution in [1.29, 1.82) is 0 Å². The first-order chi connectivity index (χ1) is 8.91. The Morgan fingerprint density at radius 3 is 2.74 bits per heavy atom. The Balaban J connectivity index is 2.25. The van der Waals surface area contributed by atoms with Crippen LogP contribution in [0, 0.1) is 0 Å². The molecule has 0 radical (unpaired) electrons. The number of benzene rings is 1. The van der Waals surface area contributed by atoms with Gasteiger partial charge in [0.1, 0.15) is 0 Å². The van der Waals surface area contributed by atoms with Crippen LogP contribution in [0.5, 0.6) is 0 Å². The number of nitrogens with two attached hydrogens (primary N) is 1. The minimum Gasteiger partial charge on any atom is -0.324 e. The van der Waals surface area contributed by atoms with E-state index in [1.165, 1.54) is 16.1 Å². The molecule has 106 valence electrons. The summed E-state index contributed by atoms with van der Waals surface area (Å²) in [5, 5.41) is 0. The summed E-state index contributed by atoms with van der Waals surface area (Å²) in [6.07, 6.45) is 4.05. The summed E-state index contributed by atoms with van der Waals surface area (Å²) >= 11 is 0. The molecule has 1 aromatic carbocycles. The molecule has 1 heterocycles. The largest absolute Gasteiger partial charge is 0.324 e. The molecule has 1 unspecified atom stereocenters. The lowest BCUT2D eigenvalue weighted by molar-refractivity contribution is 0.394. The first kappa shape index (κ1) is 14.5. The molecule has 4 nitrogen and oxygen atoms in total. The maximum atomic E-state index is 11.6. The van der Waals surface area contributed by atoms with Crippen LogP contribution in [0.25, 0.3) is 0 Å². The van der Waals surface area contributed by atoms with Gasteiger partial charge in [0.25, 0.3) is 0 Å². The van der Waals surface area contributed by atoms with Crippen molar-refractivity contribution < 1.29 is 8.42 Å². The highest BCUT2D eigenvalue weighted by Crippen LogP contribution is 2.25. The highest BCUT2D eigenvalue weighted by atomic mass is 32.2. The zero-order valence-corrected chi connectivity index (χ0v) is 12.4. The van der Waals surface area contributed by atoms with Gasteiger partial charge in [0.15, 0.2) is 0 Å². The summed E-state index contributed by atoms with van der Waals surface area (Å²) in [6, 6.07) is 6.30. The molecule has 1 aliphatic rings. The highest BCUT2D eigenvalue weighted by molar-refractivity contribution is 7.88. The lowest BCUT2D eigenvalue weighted by Gasteiger charge is -2.27. The summed E-state index contributed by atoms with van der Waals surface area (Å²) in [4.78, 5) is 0. The number of rotatable bonds is 4. The third kappa shape index (κ3) is 3.35. The lowest BCUT2D eigenvalue weighted by Crippen LogP contribution is -2.35. The number of nitrogens with zero attached hydrogens (tertiary/aromatic N) is 1. The highest BCUT2D eigenvalue weighted by Gasteiger charge is 2.23. The number of fused-ring (bicyclic) bond motifs is 1. The molecule has 0 bridgehead atoms. The predicted molar refractivity (Wildman–Crippen MR) is 77.2 cm³/mol. The van der Waals surface area contributed by atoms with Gasteiger partial charge in [-0.1, -0.05) is 31.5 Å². The van der Waals surface area contributed by atoms with Crippen molar-refractivity contribution in [2.75, 3.05) is 12.8 Å². The second-order valence-corrected chi connectivity index (χ2v) is 7.25. The maximum Gasteiger partial charge on any atom is 0.211 e. The van der Waals surface area contributed by atoms with E-state index in [-0.39, 0.29) is 6.04 Å². The monoisotopic (exact) mass is 282 g/mol. The minimum atomic E-state index is -3.11. The van der Waals surface area contributed by atoms with Gasteiger partial charge in [-0.2, -0.15) is 4.31 Å². The van der Waals surface area contributed by atoms with Crippen molar-refractivity contribution in [3.05, 3.63) is 34.9 Å². The van der Waals surface area contributed by atoms with Crippen molar-refractivity contribution in [2.45, 2.75) is 38.8 Å². The standard InChI is InChI=1S/C14H22N2O2S/c1-3-4-14(15)12-6-5-11-7-8-16(19(2,17)18)10-13(11)9-12/h5-6,9,14H,3-4,7-8,10,15H2,1-2H3. The van der Waals surface area contributed by atoms with Crippen LogP contribution >= 0.6 is 0 Å². The van der Waals surface area contributed by atoms with E-state index in [1.807, 2.05) is 0 Å². The average Bonchev–Trinajstić information content (AvgIpc) is 2.36.